The van der Waals surface area contributed by atoms with Crippen molar-refractivity contribution >= 4 is 11.6 Å². The summed E-state index contributed by atoms with van der Waals surface area (Å²) < 4.78 is 28.1. The number of carbonyl (C=O) groups is 1. The molecule has 3 nitrogen and oxygen atoms in total. The SMILES string of the molecule is CC(C)C1(c2ccc(F)cc2)CC12C(=O)N(Cc1cccc(CO)c1)c1ccc(F)cc12. The molecule has 2 aliphatic rings. The lowest BCUT2D eigenvalue weighted by Gasteiger charge is -2.27. The zero-order valence-electron chi connectivity index (χ0n) is 18.1. The molecule has 1 amide bonds. The third kappa shape index (κ3) is 2.77. The average molecular weight is 433 g/mol. The van der Waals surface area contributed by atoms with Crippen LogP contribution in [0, 0.1) is 17.6 Å². The van der Waals surface area contributed by atoms with Crippen molar-refractivity contribution in [1.82, 2.24) is 0 Å². The molecule has 32 heavy (non-hydrogen) atoms. The molecule has 1 aliphatic heterocycles. The number of aliphatic hydroxyl groups excluding tert-OH is 1. The van der Waals surface area contributed by atoms with Gasteiger partial charge in [0, 0.05) is 11.1 Å². The molecule has 1 saturated carbocycles. The molecule has 2 atom stereocenters. The second-order valence-corrected chi connectivity index (χ2v) is 9.25. The summed E-state index contributed by atoms with van der Waals surface area (Å²) in [6, 6.07) is 18.4. The number of nitrogens with zero attached hydrogens (tertiary/aromatic N) is 1. The van der Waals surface area contributed by atoms with Crippen molar-refractivity contribution in [3.63, 3.8) is 0 Å². The third-order valence-corrected chi connectivity index (χ3v) is 7.36. The van der Waals surface area contributed by atoms with E-state index in [1.54, 1.807) is 23.1 Å². The van der Waals surface area contributed by atoms with Crippen LogP contribution in [0.3, 0.4) is 0 Å². The molecule has 1 heterocycles. The zero-order valence-corrected chi connectivity index (χ0v) is 18.1. The van der Waals surface area contributed by atoms with Crippen molar-refractivity contribution in [1.29, 1.82) is 0 Å². The normalized spacial score (nSPS) is 23.8. The molecule has 5 heteroatoms. The maximum atomic E-state index is 14.4. The van der Waals surface area contributed by atoms with Crippen LogP contribution in [0.15, 0.2) is 66.7 Å². The van der Waals surface area contributed by atoms with Crippen molar-refractivity contribution in [2.75, 3.05) is 4.90 Å². The minimum atomic E-state index is -0.870. The van der Waals surface area contributed by atoms with Crippen LogP contribution in [0.5, 0.6) is 0 Å². The minimum Gasteiger partial charge on any atom is -0.392 e. The molecule has 0 radical (unpaired) electrons. The Kier molecular flexibility index (Phi) is 4.71. The molecule has 3 aromatic rings. The predicted octanol–water partition coefficient (Wildman–Crippen LogP) is 5.24. The van der Waals surface area contributed by atoms with E-state index in [1.165, 1.54) is 24.3 Å². The van der Waals surface area contributed by atoms with Crippen molar-refractivity contribution < 1.29 is 18.7 Å². The van der Waals surface area contributed by atoms with Gasteiger partial charge in [0.25, 0.3) is 0 Å². The molecule has 0 saturated heterocycles. The summed E-state index contributed by atoms with van der Waals surface area (Å²) in [5, 5.41) is 9.48. The number of aliphatic hydroxyl groups is 1. The van der Waals surface area contributed by atoms with Crippen LogP contribution >= 0.6 is 0 Å². The van der Waals surface area contributed by atoms with Gasteiger partial charge in [-0.25, -0.2) is 8.78 Å². The lowest BCUT2D eigenvalue weighted by Crippen LogP contribution is -2.38. The summed E-state index contributed by atoms with van der Waals surface area (Å²) in [6.07, 6.45) is 0.561. The molecular formula is C27H25F2NO2. The highest BCUT2D eigenvalue weighted by molar-refractivity contribution is 6.12. The van der Waals surface area contributed by atoms with Crippen molar-refractivity contribution in [2.45, 2.75) is 44.2 Å². The largest absolute Gasteiger partial charge is 0.392 e. The summed E-state index contributed by atoms with van der Waals surface area (Å²) in [5.74, 6) is -0.656. The number of carbonyl (C=O) groups excluding carboxylic acids is 1. The first-order valence-electron chi connectivity index (χ1n) is 10.9. The van der Waals surface area contributed by atoms with Crippen LogP contribution in [-0.4, -0.2) is 11.0 Å². The fraction of sp³-hybridized carbons (Fsp3) is 0.296. The number of halogens is 2. The monoisotopic (exact) mass is 433 g/mol. The summed E-state index contributed by atoms with van der Waals surface area (Å²) in [7, 11) is 0. The van der Waals surface area contributed by atoms with Gasteiger partial charge >= 0.3 is 0 Å². The first-order chi connectivity index (χ1) is 15.3. The van der Waals surface area contributed by atoms with Gasteiger partial charge in [0.15, 0.2) is 0 Å². The maximum Gasteiger partial charge on any atom is 0.238 e. The zero-order chi connectivity index (χ0) is 22.7. The van der Waals surface area contributed by atoms with Gasteiger partial charge in [-0.05, 0) is 64.9 Å². The minimum absolute atomic E-state index is 0.0504. The van der Waals surface area contributed by atoms with Gasteiger partial charge in [-0.3, -0.25) is 4.79 Å². The Morgan fingerprint density at radius 1 is 0.969 bits per heavy atom. The summed E-state index contributed by atoms with van der Waals surface area (Å²) in [5.41, 5.74) is 2.61. The second kappa shape index (κ2) is 7.24. The van der Waals surface area contributed by atoms with E-state index in [-0.39, 0.29) is 30.1 Å². The number of fused-ring (bicyclic) bond motifs is 2. The molecule has 5 rings (SSSR count). The van der Waals surface area contributed by atoms with Gasteiger partial charge in [-0.1, -0.05) is 50.2 Å². The van der Waals surface area contributed by atoms with E-state index in [1.807, 2.05) is 24.3 Å². The predicted molar refractivity (Wildman–Crippen MR) is 119 cm³/mol. The number of amides is 1. The van der Waals surface area contributed by atoms with Crippen LogP contribution in [-0.2, 0) is 28.8 Å². The maximum absolute atomic E-state index is 14.4. The first-order valence-corrected chi connectivity index (χ1v) is 10.9. The number of hydrogen-bond donors (Lipinski definition) is 1. The van der Waals surface area contributed by atoms with Crippen LogP contribution < -0.4 is 4.90 Å². The van der Waals surface area contributed by atoms with Crippen molar-refractivity contribution in [3.8, 4) is 0 Å². The van der Waals surface area contributed by atoms with E-state index in [0.717, 1.165) is 22.4 Å². The van der Waals surface area contributed by atoms with E-state index in [4.69, 9.17) is 0 Å². The summed E-state index contributed by atoms with van der Waals surface area (Å²) >= 11 is 0. The van der Waals surface area contributed by atoms with Gasteiger partial charge in [0.1, 0.15) is 11.6 Å². The second-order valence-electron chi connectivity index (χ2n) is 9.25. The summed E-state index contributed by atoms with van der Waals surface area (Å²) in [6.45, 7) is 4.40. The Hall–Kier alpha value is -3.05. The van der Waals surface area contributed by atoms with E-state index in [2.05, 4.69) is 13.8 Å². The van der Waals surface area contributed by atoms with E-state index < -0.39 is 10.8 Å². The lowest BCUT2D eigenvalue weighted by atomic mass is 9.75. The van der Waals surface area contributed by atoms with E-state index in [9.17, 15) is 18.7 Å². The molecule has 164 valence electrons. The fourth-order valence-corrected chi connectivity index (χ4v) is 5.81. The molecule has 1 aliphatic carbocycles. The molecule has 1 fully saturated rings. The smallest absolute Gasteiger partial charge is 0.238 e. The van der Waals surface area contributed by atoms with Crippen LogP contribution in [0.4, 0.5) is 14.5 Å². The molecule has 1 N–H and O–H groups in total. The fourth-order valence-electron chi connectivity index (χ4n) is 5.81. The molecule has 1 spiro atoms. The van der Waals surface area contributed by atoms with Crippen molar-refractivity contribution in [2.24, 2.45) is 5.92 Å². The first kappa shape index (κ1) is 20.8. The Labute approximate surface area is 186 Å². The Morgan fingerprint density at radius 2 is 1.66 bits per heavy atom. The number of benzene rings is 3. The highest BCUT2D eigenvalue weighted by atomic mass is 19.1. The Bertz CT molecular complexity index is 1210. The molecule has 0 bridgehead atoms. The highest BCUT2D eigenvalue weighted by Gasteiger charge is 2.77. The number of anilines is 1. The number of hydrogen-bond acceptors (Lipinski definition) is 2. The van der Waals surface area contributed by atoms with Gasteiger partial charge in [0.05, 0.1) is 18.6 Å². The third-order valence-electron chi connectivity index (χ3n) is 7.36. The van der Waals surface area contributed by atoms with Crippen LogP contribution in [0.25, 0.3) is 0 Å². The van der Waals surface area contributed by atoms with Gasteiger partial charge in [0.2, 0.25) is 5.91 Å². The summed E-state index contributed by atoms with van der Waals surface area (Å²) in [4.78, 5) is 15.8. The highest BCUT2D eigenvalue weighted by Crippen LogP contribution is 2.73. The average Bonchev–Trinajstić information content (AvgIpc) is 3.45. The van der Waals surface area contributed by atoms with Crippen LogP contribution in [0.1, 0.15) is 42.5 Å². The Morgan fingerprint density at radius 3 is 2.34 bits per heavy atom. The van der Waals surface area contributed by atoms with Gasteiger partial charge < -0.3 is 10.0 Å². The van der Waals surface area contributed by atoms with Gasteiger partial charge in [-0.2, -0.15) is 0 Å². The van der Waals surface area contributed by atoms with E-state index in [0.29, 0.717) is 18.5 Å². The van der Waals surface area contributed by atoms with Crippen LogP contribution in [0.2, 0.25) is 0 Å². The molecule has 3 aromatic carbocycles. The molecule has 0 aromatic heterocycles. The van der Waals surface area contributed by atoms with Crippen molar-refractivity contribution in [3.05, 3.63) is 101 Å². The topological polar surface area (TPSA) is 40.5 Å². The number of rotatable bonds is 5. The van der Waals surface area contributed by atoms with E-state index >= 15 is 0 Å². The lowest BCUT2D eigenvalue weighted by molar-refractivity contribution is -0.121. The van der Waals surface area contributed by atoms with Gasteiger partial charge in [-0.15, -0.1) is 0 Å². The quantitative estimate of drug-likeness (QED) is 0.598. The standard InChI is InChI=1S/C27H25F2NO2/c1-17(2)26(20-6-8-21(28)9-7-20)16-27(26)23-13-22(29)10-11-24(23)30(25(27)32)14-18-4-3-5-19(12-18)15-31/h3-13,17,31H,14-16H2,1-2H3. The molecular weight excluding hydrogens is 408 g/mol. The Balaban J connectivity index is 1.63. The molecule has 2 unspecified atom stereocenters.